The van der Waals surface area contributed by atoms with Gasteiger partial charge in [0, 0.05) is 18.8 Å². The normalized spacial score (nSPS) is 20.9. The summed E-state index contributed by atoms with van der Waals surface area (Å²) in [6, 6.07) is 12.7. The van der Waals surface area contributed by atoms with Crippen LogP contribution in [0.25, 0.3) is 0 Å². The van der Waals surface area contributed by atoms with Crippen LogP contribution in [0.3, 0.4) is 0 Å². The van der Waals surface area contributed by atoms with Gasteiger partial charge in [0.05, 0.1) is 18.8 Å². The van der Waals surface area contributed by atoms with Crippen molar-refractivity contribution in [2.45, 2.75) is 31.8 Å². The summed E-state index contributed by atoms with van der Waals surface area (Å²) in [5, 5.41) is 2.92. The van der Waals surface area contributed by atoms with Gasteiger partial charge in [0.15, 0.2) is 0 Å². The van der Waals surface area contributed by atoms with Crippen LogP contribution in [0.5, 0.6) is 0 Å². The van der Waals surface area contributed by atoms with E-state index in [9.17, 15) is 9.18 Å². The highest BCUT2D eigenvalue weighted by molar-refractivity contribution is 5.78. The van der Waals surface area contributed by atoms with E-state index in [1.807, 2.05) is 30.3 Å². The zero-order valence-corrected chi connectivity index (χ0v) is 13.8. The molecule has 1 fully saturated rings. The van der Waals surface area contributed by atoms with Crippen LogP contribution < -0.4 is 5.32 Å². The molecular formula is C19H22FN3O. The van der Waals surface area contributed by atoms with Crippen LogP contribution in [0.4, 0.5) is 4.39 Å². The molecule has 2 aromatic rings. The fourth-order valence-corrected chi connectivity index (χ4v) is 3.23. The third kappa shape index (κ3) is 4.17. The van der Waals surface area contributed by atoms with Crippen molar-refractivity contribution >= 4 is 5.91 Å². The van der Waals surface area contributed by atoms with Crippen molar-refractivity contribution in [3.8, 4) is 0 Å². The Morgan fingerprint density at radius 2 is 2.08 bits per heavy atom. The van der Waals surface area contributed by atoms with Crippen molar-refractivity contribution in [2.24, 2.45) is 0 Å². The summed E-state index contributed by atoms with van der Waals surface area (Å²) < 4.78 is 13.1. The second-order valence-electron chi connectivity index (χ2n) is 6.36. The molecule has 3 rings (SSSR count). The number of halogens is 1. The van der Waals surface area contributed by atoms with E-state index in [2.05, 4.69) is 22.1 Å². The maximum atomic E-state index is 13.1. The molecule has 1 aliphatic rings. The Bertz CT molecular complexity index is 675. The lowest BCUT2D eigenvalue weighted by atomic mass is 9.97. The van der Waals surface area contributed by atoms with Crippen molar-refractivity contribution in [3.05, 3.63) is 65.7 Å². The molecule has 0 unspecified atom stereocenters. The van der Waals surface area contributed by atoms with Crippen molar-refractivity contribution in [1.82, 2.24) is 15.2 Å². The second kappa shape index (κ2) is 7.53. The molecule has 0 radical (unpaired) electrons. The maximum Gasteiger partial charge on any atom is 0.234 e. The van der Waals surface area contributed by atoms with Gasteiger partial charge in [0.25, 0.3) is 0 Å². The summed E-state index contributed by atoms with van der Waals surface area (Å²) in [6.07, 6.45) is 2.70. The lowest BCUT2D eigenvalue weighted by Gasteiger charge is -2.20. The van der Waals surface area contributed by atoms with Gasteiger partial charge in [0.2, 0.25) is 5.91 Å². The molecule has 24 heavy (non-hydrogen) atoms. The average molecular weight is 327 g/mol. The molecule has 126 valence electrons. The lowest BCUT2D eigenvalue weighted by molar-refractivity contribution is -0.122. The summed E-state index contributed by atoms with van der Waals surface area (Å²) in [5.41, 5.74) is 1.99. The fourth-order valence-electron chi connectivity index (χ4n) is 3.23. The van der Waals surface area contributed by atoms with Gasteiger partial charge in [-0.25, -0.2) is 4.39 Å². The number of rotatable bonds is 5. The van der Waals surface area contributed by atoms with Gasteiger partial charge in [-0.05, 0) is 49.1 Å². The van der Waals surface area contributed by atoms with Crippen molar-refractivity contribution in [2.75, 3.05) is 13.1 Å². The van der Waals surface area contributed by atoms with Crippen LogP contribution >= 0.6 is 0 Å². The Labute approximate surface area is 141 Å². The standard InChI is InChI=1S/C19H22FN3O/c1-14-10-16(15-5-7-17(20)8-6-15)12-23(14)13-19(24)22-11-18-4-2-3-9-21-18/h2-9,14,16H,10-13H2,1H3,(H,22,24)/t14-,16-/m0/s1. The highest BCUT2D eigenvalue weighted by Gasteiger charge is 2.31. The number of nitrogens with one attached hydrogen (secondary N) is 1. The predicted molar refractivity (Wildman–Crippen MR) is 90.9 cm³/mol. The minimum Gasteiger partial charge on any atom is -0.349 e. The molecule has 1 amide bonds. The number of carbonyl (C=O) groups excluding carboxylic acids is 1. The first-order chi connectivity index (χ1) is 11.6. The first kappa shape index (κ1) is 16.6. The lowest BCUT2D eigenvalue weighted by Crippen LogP contribution is -2.38. The minimum absolute atomic E-state index is 0.00672. The second-order valence-corrected chi connectivity index (χ2v) is 6.36. The molecule has 1 aromatic heterocycles. The molecule has 4 nitrogen and oxygen atoms in total. The van der Waals surface area contributed by atoms with Crippen molar-refractivity contribution in [3.63, 3.8) is 0 Å². The van der Waals surface area contributed by atoms with Crippen LogP contribution in [0.1, 0.15) is 30.5 Å². The van der Waals surface area contributed by atoms with E-state index in [1.54, 1.807) is 6.20 Å². The molecule has 1 aromatic carbocycles. The van der Waals surface area contributed by atoms with E-state index in [-0.39, 0.29) is 11.7 Å². The highest BCUT2D eigenvalue weighted by atomic mass is 19.1. The Morgan fingerprint density at radius 1 is 1.29 bits per heavy atom. The number of nitrogens with zero attached hydrogens (tertiary/aromatic N) is 2. The molecular weight excluding hydrogens is 305 g/mol. The highest BCUT2D eigenvalue weighted by Crippen LogP contribution is 2.31. The molecule has 1 N–H and O–H groups in total. The summed E-state index contributed by atoms with van der Waals surface area (Å²) in [7, 11) is 0. The molecule has 2 atom stereocenters. The quantitative estimate of drug-likeness (QED) is 0.918. The largest absolute Gasteiger partial charge is 0.349 e. The van der Waals surface area contributed by atoms with Gasteiger partial charge < -0.3 is 5.32 Å². The van der Waals surface area contributed by atoms with Crippen molar-refractivity contribution in [1.29, 1.82) is 0 Å². The smallest absolute Gasteiger partial charge is 0.234 e. The Morgan fingerprint density at radius 3 is 2.79 bits per heavy atom. The zero-order valence-electron chi connectivity index (χ0n) is 13.8. The molecule has 0 spiro atoms. The van der Waals surface area contributed by atoms with Crippen LogP contribution in [0, 0.1) is 5.82 Å². The van der Waals surface area contributed by atoms with E-state index in [1.165, 1.54) is 12.1 Å². The third-order valence-electron chi connectivity index (χ3n) is 4.58. The number of carbonyl (C=O) groups is 1. The van der Waals surface area contributed by atoms with Gasteiger partial charge in [-0.1, -0.05) is 18.2 Å². The summed E-state index contributed by atoms with van der Waals surface area (Å²) >= 11 is 0. The molecule has 5 heteroatoms. The van der Waals surface area contributed by atoms with Crippen molar-refractivity contribution < 1.29 is 9.18 Å². The topological polar surface area (TPSA) is 45.2 Å². The Kier molecular flexibility index (Phi) is 5.20. The van der Waals surface area contributed by atoms with Crippen LogP contribution in [0.15, 0.2) is 48.7 Å². The van der Waals surface area contributed by atoms with E-state index in [0.29, 0.717) is 25.0 Å². The van der Waals surface area contributed by atoms with Crippen LogP contribution in [-0.2, 0) is 11.3 Å². The Balaban J connectivity index is 1.51. The van der Waals surface area contributed by atoms with Gasteiger partial charge in [-0.2, -0.15) is 0 Å². The van der Waals surface area contributed by atoms with E-state index >= 15 is 0 Å². The summed E-state index contributed by atoms with van der Waals surface area (Å²) in [6.45, 7) is 3.79. The van der Waals surface area contributed by atoms with Crippen LogP contribution in [0.2, 0.25) is 0 Å². The van der Waals surface area contributed by atoms with E-state index in [0.717, 1.165) is 24.2 Å². The van der Waals surface area contributed by atoms with E-state index < -0.39 is 0 Å². The average Bonchev–Trinajstić information content (AvgIpc) is 2.95. The fraction of sp³-hybridized carbons (Fsp3) is 0.368. The third-order valence-corrected chi connectivity index (χ3v) is 4.58. The number of aromatic nitrogens is 1. The SMILES string of the molecule is C[C@H]1C[C@H](c2ccc(F)cc2)CN1CC(=O)NCc1ccccn1. The molecule has 0 aliphatic carbocycles. The predicted octanol–water partition coefficient (Wildman–Crippen LogP) is 2.71. The number of likely N-dealkylation sites (tertiary alicyclic amines) is 1. The number of benzene rings is 1. The van der Waals surface area contributed by atoms with Gasteiger partial charge in [-0.15, -0.1) is 0 Å². The summed E-state index contributed by atoms with van der Waals surface area (Å²) in [5.74, 6) is 0.145. The first-order valence-electron chi connectivity index (χ1n) is 8.28. The molecule has 0 bridgehead atoms. The minimum atomic E-state index is -0.212. The number of amides is 1. The molecule has 2 heterocycles. The van der Waals surface area contributed by atoms with Gasteiger partial charge >= 0.3 is 0 Å². The Hall–Kier alpha value is -2.27. The van der Waals surface area contributed by atoms with Gasteiger partial charge in [-0.3, -0.25) is 14.7 Å². The van der Waals surface area contributed by atoms with E-state index in [4.69, 9.17) is 0 Å². The number of hydrogen-bond donors (Lipinski definition) is 1. The van der Waals surface area contributed by atoms with Crippen LogP contribution in [-0.4, -0.2) is 34.9 Å². The number of pyridine rings is 1. The zero-order chi connectivity index (χ0) is 16.9. The first-order valence-corrected chi connectivity index (χ1v) is 8.28. The maximum absolute atomic E-state index is 13.1. The molecule has 1 aliphatic heterocycles. The molecule has 1 saturated heterocycles. The monoisotopic (exact) mass is 327 g/mol. The summed E-state index contributed by atoms with van der Waals surface area (Å²) in [4.78, 5) is 18.6. The number of hydrogen-bond acceptors (Lipinski definition) is 3. The molecule has 0 saturated carbocycles. The van der Waals surface area contributed by atoms with Gasteiger partial charge in [0.1, 0.15) is 5.82 Å².